The van der Waals surface area contributed by atoms with E-state index < -0.39 is 0 Å². The third-order valence-electron chi connectivity index (χ3n) is 7.38. The Morgan fingerprint density at radius 3 is 1.67 bits per heavy atom. The fraction of sp³-hybridized carbons (Fsp3) is 0.0500. The molecule has 0 aliphatic rings. The van der Waals surface area contributed by atoms with Gasteiger partial charge in [0.1, 0.15) is 0 Å². The van der Waals surface area contributed by atoms with Gasteiger partial charge in [0, 0.05) is 21.9 Å². The molecule has 0 saturated heterocycles. The standard InChI is InChI=1S/C40H33NS/c1-30-10-21-35(22-11-30)36-23-27-40(31(2)29-36)41(37-7-4-3-5-8-37)38-24-18-34(19-25-38)17-14-32-12-15-33(16-13-32)20-26-39-9-6-28-42-39/h3-29H,1-2H3/b17-14+,26-20+. The number of anilines is 3. The van der Waals surface area contributed by atoms with Gasteiger partial charge in [0.2, 0.25) is 0 Å². The lowest BCUT2D eigenvalue weighted by atomic mass is 10.0. The van der Waals surface area contributed by atoms with E-state index in [1.54, 1.807) is 11.3 Å². The lowest BCUT2D eigenvalue weighted by Crippen LogP contribution is -2.11. The number of nitrogens with zero attached hydrogens (tertiary/aromatic N) is 1. The van der Waals surface area contributed by atoms with E-state index in [0.29, 0.717) is 0 Å². The normalized spacial score (nSPS) is 11.4. The monoisotopic (exact) mass is 559 g/mol. The summed E-state index contributed by atoms with van der Waals surface area (Å²) in [6.07, 6.45) is 8.67. The van der Waals surface area contributed by atoms with Crippen LogP contribution in [0.5, 0.6) is 0 Å². The van der Waals surface area contributed by atoms with Crippen LogP contribution >= 0.6 is 11.3 Å². The fourth-order valence-electron chi connectivity index (χ4n) is 5.05. The van der Waals surface area contributed by atoms with Crippen LogP contribution in [0.3, 0.4) is 0 Å². The third-order valence-corrected chi connectivity index (χ3v) is 8.21. The molecule has 0 fully saturated rings. The van der Waals surface area contributed by atoms with Crippen molar-refractivity contribution >= 4 is 52.7 Å². The molecular weight excluding hydrogens is 527 g/mol. The van der Waals surface area contributed by atoms with E-state index in [-0.39, 0.29) is 0 Å². The van der Waals surface area contributed by atoms with Crippen molar-refractivity contribution in [3.63, 3.8) is 0 Å². The summed E-state index contributed by atoms with van der Waals surface area (Å²) < 4.78 is 0. The Morgan fingerprint density at radius 2 is 1.07 bits per heavy atom. The van der Waals surface area contributed by atoms with E-state index in [1.807, 2.05) is 0 Å². The summed E-state index contributed by atoms with van der Waals surface area (Å²) >= 11 is 1.75. The van der Waals surface area contributed by atoms with Crippen molar-refractivity contribution in [2.45, 2.75) is 13.8 Å². The fourth-order valence-corrected chi connectivity index (χ4v) is 5.66. The second kappa shape index (κ2) is 12.7. The maximum Gasteiger partial charge on any atom is 0.0491 e. The molecule has 5 aromatic carbocycles. The molecule has 0 N–H and O–H groups in total. The lowest BCUT2D eigenvalue weighted by molar-refractivity contribution is 1.25. The van der Waals surface area contributed by atoms with Gasteiger partial charge < -0.3 is 4.90 Å². The first kappa shape index (κ1) is 27.3. The number of rotatable bonds is 8. The van der Waals surface area contributed by atoms with Crippen molar-refractivity contribution in [3.8, 4) is 11.1 Å². The van der Waals surface area contributed by atoms with Crippen LogP contribution in [0.2, 0.25) is 0 Å². The number of aryl methyl sites for hydroxylation is 2. The van der Waals surface area contributed by atoms with E-state index in [9.17, 15) is 0 Å². The van der Waals surface area contributed by atoms with Crippen LogP contribution < -0.4 is 4.90 Å². The number of thiophene rings is 1. The van der Waals surface area contributed by atoms with Crippen LogP contribution in [0.15, 0.2) is 139 Å². The average molecular weight is 560 g/mol. The molecule has 0 unspecified atom stereocenters. The minimum atomic E-state index is 1.13. The summed E-state index contributed by atoms with van der Waals surface area (Å²) in [7, 11) is 0. The molecular formula is C40H33NS. The highest BCUT2D eigenvalue weighted by atomic mass is 32.1. The molecule has 0 spiro atoms. The number of benzene rings is 5. The van der Waals surface area contributed by atoms with Gasteiger partial charge in [-0.25, -0.2) is 0 Å². The van der Waals surface area contributed by atoms with Gasteiger partial charge in [-0.3, -0.25) is 0 Å². The molecule has 1 nitrogen and oxygen atoms in total. The topological polar surface area (TPSA) is 3.24 Å². The maximum atomic E-state index is 2.34. The Morgan fingerprint density at radius 1 is 0.500 bits per heavy atom. The number of hydrogen-bond acceptors (Lipinski definition) is 2. The van der Waals surface area contributed by atoms with Gasteiger partial charge in [0.15, 0.2) is 0 Å². The Hall–Kier alpha value is -4.92. The first-order valence-electron chi connectivity index (χ1n) is 14.3. The quantitative estimate of drug-likeness (QED) is 0.168. The van der Waals surface area contributed by atoms with Gasteiger partial charge in [-0.2, -0.15) is 0 Å². The van der Waals surface area contributed by atoms with Crippen molar-refractivity contribution in [1.82, 2.24) is 0 Å². The molecule has 0 amide bonds. The molecule has 0 saturated carbocycles. The smallest absolute Gasteiger partial charge is 0.0491 e. The van der Waals surface area contributed by atoms with Crippen molar-refractivity contribution in [3.05, 3.63) is 172 Å². The molecule has 0 aliphatic carbocycles. The summed E-state index contributed by atoms with van der Waals surface area (Å²) in [5, 5.41) is 2.10. The maximum absolute atomic E-state index is 2.34. The molecule has 1 heterocycles. The predicted molar refractivity (Wildman–Crippen MR) is 185 cm³/mol. The van der Waals surface area contributed by atoms with Crippen LogP contribution in [0, 0.1) is 13.8 Å². The van der Waals surface area contributed by atoms with Gasteiger partial charge >= 0.3 is 0 Å². The summed E-state index contributed by atoms with van der Waals surface area (Å²) in [6, 6.07) is 47.7. The summed E-state index contributed by atoms with van der Waals surface area (Å²) in [6.45, 7) is 4.32. The summed E-state index contributed by atoms with van der Waals surface area (Å²) in [5.41, 5.74) is 12.0. The zero-order valence-corrected chi connectivity index (χ0v) is 24.8. The van der Waals surface area contributed by atoms with E-state index >= 15 is 0 Å². The first-order chi connectivity index (χ1) is 20.6. The van der Waals surface area contributed by atoms with Crippen molar-refractivity contribution < 1.29 is 0 Å². The molecule has 0 bridgehead atoms. The predicted octanol–water partition coefficient (Wildman–Crippen LogP) is 11.8. The molecule has 0 atom stereocenters. The van der Waals surface area contributed by atoms with Crippen LogP contribution in [0.4, 0.5) is 17.1 Å². The molecule has 42 heavy (non-hydrogen) atoms. The second-order valence-electron chi connectivity index (χ2n) is 10.5. The summed E-state index contributed by atoms with van der Waals surface area (Å²) in [4.78, 5) is 3.60. The molecule has 2 heteroatoms. The van der Waals surface area contributed by atoms with Crippen molar-refractivity contribution in [1.29, 1.82) is 0 Å². The van der Waals surface area contributed by atoms with Gasteiger partial charge in [-0.05, 0) is 101 Å². The van der Waals surface area contributed by atoms with Crippen molar-refractivity contribution in [2.24, 2.45) is 0 Å². The van der Waals surface area contributed by atoms with Crippen molar-refractivity contribution in [2.75, 3.05) is 4.90 Å². The largest absolute Gasteiger partial charge is 0.310 e. The minimum Gasteiger partial charge on any atom is -0.310 e. The van der Waals surface area contributed by atoms with E-state index in [4.69, 9.17) is 0 Å². The zero-order chi connectivity index (χ0) is 28.7. The second-order valence-corrected chi connectivity index (χ2v) is 11.5. The molecule has 0 aliphatic heterocycles. The molecule has 204 valence electrons. The lowest BCUT2D eigenvalue weighted by Gasteiger charge is -2.27. The van der Waals surface area contributed by atoms with Crippen LogP contribution in [0.1, 0.15) is 32.7 Å². The Labute approximate surface area is 253 Å². The molecule has 6 rings (SSSR count). The van der Waals surface area contributed by atoms with Gasteiger partial charge in [0.25, 0.3) is 0 Å². The van der Waals surface area contributed by atoms with Crippen LogP contribution in [0.25, 0.3) is 35.4 Å². The first-order valence-corrected chi connectivity index (χ1v) is 15.1. The number of hydrogen-bond donors (Lipinski definition) is 0. The number of para-hydroxylation sites is 1. The van der Waals surface area contributed by atoms with Gasteiger partial charge in [-0.1, -0.05) is 115 Å². The third kappa shape index (κ3) is 6.52. The van der Waals surface area contributed by atoms with E-state index in [0.717, 1.165) is 11.4 Å². The Bertz CT molecular complexity index is 1790. The Kier molecular flexibility index (Phi) is 8.26. The van der Waals surface area contributed by atoms with Gasteiger partial charge in [0.05, 0.1) is 0 Å². The highest BCUT2D eigenvalue weighted by molar-refractivity contribution is 7.10. The average Bonchev–Trinajstić information content (AvgIpc) is 3.56. The van der Waals surface area contributed by atoms with E-state index in [1.165, 1.54) is 49.5 Å². The molecule has 6 aromatic rings. The van der Waals surface area contributed by atoms with Crippen LogP contribution in [-0.4, -0.2) is 0 Å². The van der Waals surface area contributed by atoms with Crippen LogP contribution in [-0.2, 0) is 0 Å². The zero-order valence-electron chi connectivity index (χ0n) is 23.9. The SMILES string of the molecule is Cc1ccc(-c2ccc(N(c3ccccc3)c3ccc(/C=C/c4ccc(/C=C/c5cccs5)cc4)cc3)c(C)c2)cc1. The van der Waals surface area contributed by atoms with Gasteiger partial charge in [-0.15, -0.1) is 11.3 Å². The molecule has 0 radical (unpaired) electrons. The highest BCUT2D eigenvalue weighted by Crippen LogP contribution is 2.38. The highest BCUT2D eigenvalue weighted by Gasteiger charge is 2.15. The van der Waals surface area contributed by atoms with E-state index in [2.05, 4.69) is 182 Å². The Balaban J connectivity index is 1.23. The summed E-state index contributed by atoms with van der Waals surface area (Å²) in [5.74, 6) is 0. The minimum absolute atomic E-state index is 1.13. The molecule has 1 aromatic heterocycles.